The van der Waals surface area contributed by atoms with Gasteiger partial charge in [0.1, 0.15) is 5.75 Å². The van der Waals surface area contributed by atoms with Crippen molar-refractivity contribution < 1.29 is 9.53 Å². The van der Waals surface area contributed by atoms with Crippen LogP contribution in [0.5, 0.6) is 5.75 Å². The summed E-state index contributed by atoms with van der Waals surface area (Å²) < 4.78 is 5.17. The average molecular weight is 192 g/mol. The van der Waals surface area contributed by atoms with Gasteiger partial charge in [-0.3, -0.25) is 9.78 Å². The Bertz CT molecular complexity index is 376. The van der Waals surface area contributed by atoms with Gasteiger partial charge in [0.05, 0.1) is 25.8 Å². The van der Waals surface area contributed by atoms with Crippen molar-refractivity contribution in [2.75, 3.05) is 7.11 Å². The number of rotatable bonds is 1. The summed E-state index contributed by atoms with van der Waals surface area (Å²) in [5.74, 6) is 0.735. The average Bonchev–Trinajstić information content (AvgIpc) is 2.17. The van der Waals surface area contributed by atoms with E-state index in [2.05, 4.69) is 10.3 Å². The third-order valence-electron chi connectivity index (χ3n) is 2.45. The van der Waals surface area contributed by atoms with Crippen LogP contribution in [-0.4, -0.2) is 18.0 Å². The van der Waals surface area contributed by atoms with Crippen LogP contribution in [0.1, 0.15) is 24.1 Å². The lowest BCUT2D eigenvalue weighted by Gasteiger charge is -2.24. The number of amides is 1. The highest BCUT2D eigenvalue weighted by Crippen LogP contribution is 2.28. The van der Waals surface area contributed by atoms with E-state index in [1.807, 2.05) is 6.92 Å². The Morgan fingerprint density at radius 2 is 2.36 bits per heavy atom. The standard InChI is InChI=1S/C10H12N2O2/c1-6-8-4-11-5-9(14-2)7(8)3-10(13)12-6/h4-6H,3H2,1-2H3,(H,12,13)/t6-/m1/s1. The Hall–Kier alpha value is -1.58. The fourth-order valence-electron chi connectivity index (χ4n) is 1.75. The number of hydrogen-bond donors (Lipinski definition) is 1. The second-order valence-corrected chi connectivity index (χ2v) is 3.38. The molecule has 1 aromatic heterocycles. The van der Waals surface area contributed by atoms with E-state index >= 15 is 0 Å². The van der Waals surface area contributed by atoms with Crippen LogP contribution in [0.25, 0.3) is 0 Å². The summed E-state index contributed by atoms with van der Waals surface area (Å²) in [6, 6.07) is 0.0221. The minimum absolute atomic E-state index is 0.0221. The molecule has 1 aliphatic rings. The number of pyridine rings is 1. The summed E-state index contributed by atoms with van der Waals surface area (Å²) in [5, 5.41) is 2.85. The second kappa shape index (κ2) is 3.29. The van der Waals surface area contributed by atoms with Crippen LogP contribution in [0.2, 0.25) is 0 Å². The molecule has 0 radical (unpaired) electrons. The topological polar surface area (TPSA) is 51.2 Å². The molecule has 0 saturated carbocycles. The first kappa shape index (κ1) is 8.99. The molecular weight excluding hydrogens is 180 g/mol. The lowest BCUT2D eigenvalue weighted by Crippen LogP contribution is -2.34. The number of aromatic nitrogens is 1. The van der Waals surface area contributed by atoms with Crippen LogP contribution in [0.15, 0.2) is 12.4 Å². The number of methoxy groups -OCH3 is 1. The van der Waals surface area contributed by atoms with Crippen LogP contribution in [0.4, 0.5) is 0 Å². The largest absolute Gasteiger partial charge is 0.495 e. The van der Waals surface area contributed by atoms with E-state index in [0.29, 0.717) is 12.2 Å². The predicted molar refractivity (Wildman–Crippen MR) is 51.1 cm³/mol. The zero-order valence-electron chi connectivity index (χ0n) is 8.20. The Balaban J connectivity index is 2.52. The Kier molecular flexibility index (Phi) is 2.11. The summed E-state index contributed by atoms with van der Waals surface area (Å²) in [6.07, 6.45) is 3.80. The number of carbonyl (C=O) groups is 1. The van der Waals surface area contributed by atoms with E-state index in [1.165, 1.54) is 0 Å². The summed E-state index contributed by atoms with van der Waals surface area (Å²) in [6.45, 7) is 1.94. The maximum Gasteiger partial charge on any atom is 0.225 e. The van der Waals surface area contributed by atoms with Gasteiger partial charge in [0, 0.05) is 11.8 Å². The van der Waals surface area contributed by atoms with Gasteiger partial charge in [0.15, 0.2) is 0 Å². The number of nitrogens with one attached hydrogen (secondary N) is 1. The molecule has 14 heavy (non-hydrogen) atoms. The molecule has 74 valence electrons. The van der Waals surface area contributed by atoms with E-state index in [0.717, 1.165) is 11.1 Å². The first-order valence-corrected chi connectivity index (χ1v) is 4.52. The highest BCUT2D eigenvalue weighted by atomic mass is 16.5. The molecule has 2 heterocycles. The molecule has 1 amide bonds. The van der Waals surface area contributed by atoms with Gasteiger partial charge in [-0.05, 0) is 12.5 Å². The maximum absolute atomic E-state index is 11.3. The van der Waals surface area contributed by atoms with Gasteiger partial charge in [-0.1, -0.05) is 0 Å². The maximum atomic E-state index is 11.3. The smallest absolute Gasteiger partial charge is 0.225 e. The molecule has 0 fully saturated rings. The Morgan fingerprint density at radius 3 is 3.07 bits per heavy atom. The first-order chi connectivity index (χ1) is 6.72. The molecule has 1 N–H and O–H groups in total. The third kappa shape index (κ3) is 1.32. The highest BCUT2D eigenvalue weighted by molar-refractivity contribution is 5.82. The predicted octanol–water partition coefficient (Wildman–Crippen LogP) is 0.823. The number of ether oxygens (including phenoxy) is 1. The molecule has 0 bridgehead atoms. The molecule has 1 aliphatic heterocycles. The zero-order chi connectivity index (χ0) is 10.1. The fraction of sp³-hybridized carbons (Fsp3) is 0.400. The van der Waals surface area contributed by atoms with Crippen molar-refractivity contribution in [1.82, 2.24) is 10.3 Å². The molecule has 0 aliphatic carbocycles. The molecule has 0 spiro atoms. The van der Waals surface area contributed by atoms with E-state index in [1.54, 1.807) is 19.5 Å². The highest BCUT2D eigenvalue weighted by Gasteiger charge is 2.23. The first-order valence-electron chi connectivity index (χ1n) is 4.52. The molecule has 1 atom stereocenters. The molecule has 2 rings (SSSR count). The second-order valence-electron chi connectivity index (χ2n) is 3.38. The van der Waals surface area contributed by atoms with Crippen molar-refractivity contribution in [3.05, 3.63) is 23.5 Å². The van der Waals surface area contributed by atoms with Gasteiger partial charge in [-0.25, -0.2) is 0 Å². The fourth-order valence-corrected chi connectivity index (χ4v) is 1.75. The van der Waals surface area contributed by atoms with Crippen molar-refractivity contribution in [1.29, 1.82) is 0 Å². The van der Waals surface area contributed by atoms with Crippen molar-refractivity contribution in [3.63, 3.8) is 0 Å². The third-order valence-corrected chi connectivity index (χ3v) is 2.45. The van der Waals surface area contributed by atoms with Crippen LogP contribution < -0.4 is 10.1 Å². The van der Waals surface area contributed by atoms with Gasteiger partial charge in [0.25, 0.3) is 0 Å². The summed E-state index contributed by atoms with van der Waals surface area (Å²) in [4.78, 5) is 15.4. The van der Waals surface area contributed by atoms with Gasteiger partial charge >= 0.3 is 0 Å². The zero-order valence-corrected chi connectivity index (χ0v) is 8.20. The minimum Gasteiger partial charge on any atom is -0.495 e. The van der Waals surface area contributed by atoms with E-state index in [-0.39, 0.29) is 11.9 Å². The molecule has 4 nitrogen and oxygen atoms in total. The molecule has 0 aromatic carbocycles. The molecule has 0 unspecified atom stereocenters. The van der Waals surface area contributed by atoms with Crippen LogP contribution in [0, 0.1) is 0 Å². The quantitative estimate of drug-likeness (QED) is 0.716. The molecule has 1 aromatic rings. The number of nitrogens with zero attached hydrogens (tertiary/aromatic N) is 1. The lowest BCUT2D eigenvalue weighted by molar-refractivity contribution is -0.121. The van der Waals surface area contributed by atoms with Crippen molar-refractivity contribution >= 4 is 5.91 Å². The van der Waals surface area contributed by atoms with Crippen LogP contribution in [-0.2, 0) is 11.2 Å². The van der Waals surface area contributed by atoms with Crippen molar-refractivity contribution in [2.24, 2.45) is 0 Å². The summed E-state index contributed by atoms with van der Waals surface area (Å²) >= 11 is 0. The Labute approximate surface area is 82.3 Å². The van der Waals surface area contributed by atoms with Crippen LogP contribution >= 0.6 is 0 Å². The minimum atomic E-state index is 0.0221. The van der Waals surface area contributed by atoms with E-state index in [4.69, 9.17) is 4.74 Å². The van der Waals surface area contributed by atoms with E-state index < -0.39 is 0 Å². The summed E-state index contributed by atoms with van der Waals surface area (Å²) in [7, 11) is 1.59. The lowest BCUT2D eigenvalue weighted by atomic mass is 9.96. The molecular formula is C10H12N2O2. The monoisotopic (exact) mass is 192 g/mol. The summed E-state index contributed by atoms with van der Waals surface area (Å²) in [5.41, 5.74) is 2.00. The van der Waals surface area contributed by atoms with Crippen molar-refractivity contribution in [2.45, 2.75) is 19.4 Å². The molecule has 4 heteroatoms. The van der Waals surface area contributed by atoms with Gasteiger partial charge in [0.2, 0.25) is 5.91 Å². The number of carbonyl (C=O) groups excluding carboxylic acids is 1. The van der Waals surface area contributed by atoms with Gasteiger partial charge in [-0.2, -0.15) is 0 Å². The van der Waals surface area contributed by atoms with Gasteiger partial charge < -0.3 is 10.1 Å². The van der Waals surface area contributed by atoms with Crippen LogP contribution in [0.3, 0.4) is 0 Å². The number of hydrogen-bond acceptors (Lipinski definition) is 3. The van der Waals surface area contributed by atoms with Crippen molar-refractivity contribution in [3.8, 4) is 5.75 Å². The van der Waals surface area contributed by atoms with Gasteiger partial charge in [-0.15, -0.1) is 0 Å². The normalized spacial score (nSPS) is 19.9. The SMILES string of the molecule is COc1cncc2c1CC(=O)N[C@@H]2C. The Morgan fingerprint density at radius 1 is 1.57 bits per heavy atom. The van der Waals surface area contributed by atoms with E-state index in [9.17, 15) is 4.79 Å². The molecule has 0 saturated heterocycles. The number of fused-ring (bicyclic) bond motifs is 1.